The molecule has 0 amide bonds. The van der Waals surface area contributed by atoms with E-state index in [0.717, 1.165) is 29.9 Å². The predicted molar refractivity (Wildman–Crippen MR) is 120 cm³/mol. The summed E-state index contributed by atoms with van der Waals surface area (Å²) in [6.07, 6.45) is 5.24. The fourth-order valence-electron chi connectivity index (χ4n) is 3.26. The maximum Gasteiger partial charge on any atom is 0.341 e. The Kier molecular flexibility index (Phi) is 7.05. The number of benzene rings is 2. The monoisotopic (exact) mass is 428 g/mol. The molecule has 6 heteroatoms. The molecule has 2 aromatic rings. The summed E-state index contributed by atoms with van der Waals surface area (Å²) in [4.78, 5) is 12.0. The molecule has 0 aromatic heterocycles. The molecule has 1 heterocycles. The highest BCUT2D eigenvalue weighted by Crippen LogP contribution is 2.52. The molecule has 152 valence electrons. The highest BCUT2D eigenvalue weighted by atomic mass is 32.2. The number of carbonyl (C=O) groups is 1. The lowest BCUT2D eigenvalue weighted by Crippen LogP contribution is -2.26. The second kappa shape index (κ2) is 9.51. The van der Waals surface area contributed by atoms with Gasteiger partial charge in [0.05, 0.1) is 24.4 Å². The molecule has 0 fully saturated rings. The Balaban J connectivity index is 1.92. The van der Waals surface area contributed by atoms with Gasteiger partial charge in [-0.15, -0.1) is 23.5 Å². The molecule has 0 atom stereocenters. The first kappa shape index (κ1) is 21.5. The highest BCUT2D eigenvalue weighted by molar-refractivity contribution is 8.16. The van der Waals surface area contributed by atoms with Crippen LogP contribution in [0.15, 0.2) is 36.4 Å². The molecule has 0 unspecified atom stereocenters. The Hall–Kier alpha value is -2.23. The van der Waals surface area contributed by atoms with Crippen molar-refractivity contribution < 1.29 is 19.0 Å². The fourth-order valence-corrected chi connectivity index (χ4v) is 5.26. The third-order valence-corrected chi connectivity index (χ3v) is 7.95. The quantitative estimate of drug-likeness (QED) is 0.382. The topological polar surface area (TPSA) is 44.8 Å². The van der Waals surface area contributed by atoms with Crippen molar-refractivity contribution in [3.05, 3.63) is 58.7 Å². The number of carbonyl (C=O) groups excluding carboxylic acids is 1. The molecule has 0 N–H and O–H groups in total. The zero-order valence-corrected chi connectivity index (χ0v) is 18.7. The lowest BCUT2D eigenvalue weighted by atomic mass is 10.0. The highest BCUT2D eigenvalue weighted by Gasteiger charge is 2.36. The van der Waals surface area contributed by atoms with Crippen LogP contribution in [0.4, 0.5) is 0 Å². The van der Waals surface area contributed by atoms with Gasteiger partial charge < -0.3 is 14.2 Å². The van der Waals surface area contributed by atoms with Crippen molar-refractivity contribution in [2.45, 2.75) is 17.4 Å². The van der Waals surface area contributed by atoms with Gasteiger partial charge in [-0.3, -0.25) is 0 Å². The molecule has 3 rings (SSSR count). The van der Waals surface area contributed by atoms with Gasteiger partial charge in [0, 0.05) is 23.1 Å². The second-order valence-electron chi connectivity index (χ2n) is 6.36. The zero-order valence-electron chi connectivity index (χ0n) is 17.0. The molecule has 0 saturated carbocycles. The van der Waals surface area contributed by atoms with Crippen molar-refractivity contribution in [3.63, 3.8) is 0 Å². The van der Waals surface area contributed by atoms with E-state index in [-0.39, 0.29) is 4.08 Å². The molecule has 0 saturated heterocycles. The Morgan fingerprint density at radius 1 is 1.14 bits per heavy atom. The lowest BCUT2D eigenvalue weighted by Gasteiger charge is -2.36. The molecular formula is C23H24O4S2. The number of hydrogen-bond donors (Lipinski definition) is 0. The number of methoxy groups -OCH3 is 1. The molecule has 1 aliphatic rings. The van der Waals surface area contributed by atoms with E-state index in [0.29, 0.717) is 17.9 Å². The van der Waals surface area contributed by atoms with Crippen LogP contribution in [-0.4, -0.2) is 38.8 Å². The van der Waals surface area contributed by atoms with Gasteiger partial charge in [0.25, 0.3) is 0 Å². The average molecular weight is 429 g/mol. The third kappa shape index (κ3) is 4.52. The van der Waals surface area contributed by atoms with Gasteiger partial charge in [0.1, 0.15) is 17.1 Å². The van der Waals surface area contributed by atoms with E-state index in [9.17, 15) is 4.79 Å². The zero-order chi connectivity index (χ0) is 20.9. The molecule has 0 spiro atoms. The van der Waals surface area contributed by atoms with Crippen LogP contribution in [0.3, 0.4) is 0 Å². The maximum atomic E-state index is 12.0. The van der Waals surface area contributed by atoms with Crippen molar-refractivity contribution in [1.82, 2.24) is 0 Å². The maximum absolute atomic E-state index is 12.0. The summed E-state index contributed by atoms with van der Waals surface area (Å²) in [6, 6.07) is 11.4. The van der Waals surface area contributed by atoms with Crippen LogP contribution >= 0.6 is 23.5 Å². The summed E-state index contributed by atoms with van der Waals surface area (Å²) >= 11 is 3.69. The normalized spacial score (nSPS) is 14.1. The molecular weight excluding hydrogens is 404 g/mol. The third-order valence-electron chi connectivity index (χ3n) is 4.79. The molecule has 29 heavy (non-hydrogen) atoms. The second-order valence-corrected chi connectivity index (χ2v) is 8.82. The van der Waals surface area contributed by atoms with E-state index in [1.54, 1.807) is 25.1 Å². The first-order valence-corrected chi connectivity index (χ1v) is 11.8. The van der Waals surface area contributed by atoms with Crippen molar-refractivity contribution >= 4 is 29.5 Å². The summed E-state index contributed by atoms with van der Waals surface area (Å²) in [6.45, 7) is 2.82. The van der Waals surface area contributed by atoms with Crippen LogP contribution in [-0.2, 0) is 8.82 Å². The van der Waals surface area contributed by atoms with E-state index in [2.05, 4.69) is 30.4 Å². The molecule has 1 aliphatic heterocycles. The molecule has 4 nitrogen and oxygen atoms in total. The van der Waals surface area contributed by atoms with Gasteiger partial charge >= 0.3 is 5.97 Å². The Bertz CT molecular complexity index is 955. The van der Waals surface area contributed by atoms with Gasteiger partial charge in [-0.25, -0.2) is 4.79 Å². The van der Waals surface area contributed by atoms with Gasteiger partial charge in [-0.05, 0) is 55.8 Å². The summed E-state index contributed by atoms with van der Waals surface area (Å²) in [5.41, 5.74) is 3.28. The minimum Gasteiger partial charge on any atom is -0.496 e. The van der Waals surface area contributed by atoms with Crippen LogP contribution in [0.5, 0.6) is 11.5 Å². The summed E-state index contributed by atoms with van der Waals surface area (Å²) in [5.74, 6) is 7.39. The number of thioether (sulfide) groups is 2. The van der Waals surface area contributed by atoms with Crippen LogP contribution in [0.25, 0.3) is 0 Å². The first-order valence-electron chi connectivity index (χ1n) is 9.31. The fraction of sp³-hybridized carbons (Fsp3) is 0.348. The predicted octanol–water partition coefficient (Wildman–Crippen LogP) is 4.93. The van der Waals surface area contributed by atoms with Crippen LogP contribution in [0.1, 0.15) is 40.4 Å². The number of rotatable bonds is 5. The van der Waals surface area contributed by atoms with Gasteiger partial charge in [-0.2, -0.15) is 0 Å². The van der Waals surface area contributed by atoms with E-state index in [1.807, 2.05) is 35.7 Å². The summed E-state index contributed by atoms with van der Waals surface area (Å²) < 4.78 is 16.3. The standard InChI is InChI=1S/C23H24O4S2/c1-5-26-22(24)18-10-8-17(15-21(18)25-2)7-6-16-9-11-20-19(14-16)23(28-3,29-4)12-13-27-20/h8-11,14-15H,5,12-13H2,1-4H3. The van der Waals surface area contributed by atoms with Crippen molar-refractivity contribution in [2.24, 2.45) is 0 Å². The van der Waals surface area contributed by atoms with Crippen LogP contribution in [0.2, 0.25) is 0 Å². The minimum absolute atomic E-state index is 0.00419. The molecule has 0 aliphatic carbocycles. The molecule has 0 bridgehead atoms. The van der Waals surface area contributed by atoms with E-state index >= 15 is 0 Å². The van der Waals surface area contributed by atoms with Crippen molar-refractivity contribution in [3.8, 4) is 23.3 Å². The van der Waals surface area contributed by atoms with E-state index in [4.69, 9.17) is 14.2 Å². The Labute approximate surface area is 180 Å². The smallest absolute Gasteiger partial charge is 0.341 e. The van der Waals surface area contributed by atoms with Gasteiger partial charge in [-0.1, -0.05) is 11.8 Å². The summed E-state index contributed by atoms with van der Waals surface area (Å²) in [7, 11) is 1.53. The first-order chi connectivity index (χ1) is 14.1. The number of hydrogen-bond acceptors (Lipinski definition) is 6. The van der Waals surface area contributed by atoms with Gasteiger partial charge in [0.15, 0.2) is 0 Å². The Morgan fingerprint density at radius 2 is 1.83 bits per heavy atom. The van der Waals surface area contributed by atoms with E-state index in [1.165, 1.54) is 12.7 Å². The van der Waals surface area contributed by atoms with Crippen LogP contribution < -0.4 is 9.47 Å². The van der Waals surface area contributed by atoms with E-state index < -0.39 is 5.97 Å². The number of ether oxygens (including phenoxy) is 3. The SMILES string of the molecule is CCOC(=O)c1ccc(C#Cc2ccc3c(c2)C(SC)(SC)CCO3)cc1OC. The lowest BCUT2D eigenvalue weighted by molar-refractivity contribution is 0.0522. The largest absolute Gasteiger partial charge is 0.496 e. The van der Waals surface area contributed by atoms with Crippen molar-refractivity contribution in [2.75, 3.05) is 32.8 Å². The van der Waals surface area contributed by atoms with Gasteiger partial charge in [0.2, 0.25) is 0 Å². The average Bonchev–Trinajstić information content (AvgIpc) is 2.77. The Morgan fingerprint density at radius 3 is 2.48 bits per heavy atom. The molecule has 0 radical (unpaired) electrons. The number of esters is 1. The van der Waals surface area contributed by atoms with Crippen LogP contribution in [0, 0.1) is 11.8 Å². The summed E-state index contributed by atoms with van der Waals surface area (Å²) in [5, 5.41) is 0. The number of fused-ring (bicyclic) bond motifs is 1. The van der Waals surface area contributed by atoms with Crippen molar-refractivity contribution in [1.29, 1.82) is 0 Å². The minimum atomic E-state index is -0.399. The molecule has 2 aromatic carbocycles.